The van der Waals surface area contributed by atoms with Crippen LogP contribution in [0.5, 0.6) is 0 Å². The predicted octanol–water partition coefficient (Wildman–Crippen LogP) is -0.0502. The summed E-state index contributed by atoms with van der Waals surface area (Å²) in [7, 11) is 0. The Balaban J connectivity index is 2.09. The molecule has 0 spiro atoms. The zero-order chi connectivity index (χ0) is 6.81. The Morgan fingerprint density at radius 3 is 3.60 bits per heavy atom. The van der Waals surface area contributed by atoms with E-state index in [0.717, 1.165) is 6.61 Å². The number of dihydropyridines is 1. The fourth-order valence-corrected chi connectivity index (χ4v) is 1.16. The molecule has 0 aliphatic carbocycles. The van der Waals surface area contributed by atoms with Gasteiger partial charge >= 0.3 is 0 Å². The Morgan fingerprint density at radius 1 is 1.70 bits per heavy atom. The number of nitrogens with zero attached hydrogens (tertiary/aromatic N) is 1. The highest BCUT2D eigenvalue weighted by Crippen LogP contribution is 2.13. The number of nitrogens with one attached hydrogen (secondary N) is 1. The van der Waals surface area contributed by atoms with E-state index in [0.29, 0.717) is 12.6 Å². The molecule has 2 rings (SSSR count). The molecule has 10 heavy (non-hydrogen) atoms. The minimum Gasteiger partial charge on any atom is -0.365 e. The van der Waals surface area contributed by atoms with Crippen molar-refractivity contribution in [3.05, 3.63) is 12.2 Å². The fourth-order valence-electron chi connectivity index (χ4n) is 1.16. The molecule has 0 aromatic rings. The maximum Gasteiger partial charge on any atom is 0.110 e. The first kappa shape index (κ1) is 6.07. The van der Waals surface area contributed by atoms with E-state index < -0.39 is 0 Å². The first-order valence-corrected chi connectivity index (χ1v) is 3.39. The van der Waals surface area contributed by atoms with E-state index in [1.807, 2.05) is 6.08 Å². The minimum atomic E-state index is 0.207. The Kier molecular flexibility index (Phi) is 1.53. The van der Waals surface area contributed by atoms with Gasteiger partial charge in [0.1, 0.15) is 6.17 Å². The van der Waals surface area contributed by atoms with Crippen molar-refractivity contribution in [2.75, 3.05) is 13.3 Å². The van der Waals surface area contributed by atoms with Crippen LogP contribution in [0.15, 0.2) is 11.1 Å². The molecule has 1 fully saturated rings. The van der Waals surface area contributed by atoms with E-state index in [9.17, 15) is 0 Å². The molecular formula is C7H9N2O. The van der Waals surface area contributed by atoms with Crippen LogP contribution in [0.3, 0.4) is 0 Å². The van der Waals surface area contributed by atoms with Gasteiger partial charge in [-0.05, 0) is 12.2 Å². The van der Waals surface area contributed by atoms with E-state index in [-0.39, 0.29) is 6.17 Å². The van der Waals surface area contributed by atoms with Crippen LogP contribution in [0.2, 0.25) is 0 Å². The van der Waals surface area contributed by atoms with Crippen molar-refractivity contribution >= 4 is 6.21 Å². The van der Waals surface area contributed by atoms with Crippen LogP contribution in [0, 0.1) is 12.0 Å². The second-order valence-electron chi connectivity index (χ2n) is 2.40. The largest absolute Gasteiger partial charge is 0.365 e. The highest BCUT2D eigenvalue weighted by atomic mass is 16.5. The average molecular weight is 137 g/mol. The van der Waals surface area contributed by atoms with Crippen molar-refractivity contribution in [3.8, 4) is 0 Å². The number of fused-ring (bicyclic) bond motifs is 1. The molecule has 2 aliphatic rings. The number of hydrogen-bond donors (Lipinski definition) is 1. The van der Waals surface area contributed by atoms with Crippen LogP contribution in [0.4, 0.5) is 0 Å². The molecule has 0 amide bonds. The standard InChI is InChI=1S/C7H9N2O/c1-2-6-4-10-5-9-7(6)8-3-1/h1,3,6-7,9H,4-5H2. The van der Waals surface area contributed by atoms with E-state index in [4.69, 9.17) is 4.74 Å². The lowest BCUT2D eigenvalue weighted by molar-refractivity contribution is 0.0333. The van der Waals surface area contributed by atoms with Crippen LogP contribution in [-0.2, 0) is 4.74 Å². The molecule has 2 atom stereocenters. The average Bonchev–Trinajstić information content (AvgIpc) is 2.05. The third-order valence-electron chi connectivity index (χ3n) is 1.70. The molecule has 1 N–H and O–H groups in total. The monoisotopic (exact) mass is 137 g/mol. The Bertz CT molecular complexity index is 156. The maximum atomic E-state index is 5.17. The number of aliphatic imine (C=N–C) groups is 1. The van der Waals surface area contributed by atoms with Crippen molar-refractivity contribution < 1.29 is 4.74 Å². The van der Waals surface area contributed by atoms with Gasteiger partial charge in [0.15, 0.2) is 0 Å². The first-order chi connectivity index (χ1) is 4.97. The summed E-state index contributed by atoms with van der Waals surface area (Å²) in [5.74, 6) is 0.318. The minimum absolute atomic E-state index is 0.207. The van der Waals surface area contributed by atoms with Gasteiger partial charge in [-0.1, -0.05) is 0 Å². The van der Waals surface area contributed by atoms with Gasteiger partial charge in [-0.25, -0.2) is 0 Å². The molecule has 0 aromatic heterocycles. The van der Waals surface area contributed by atoms with Gasteiger partial charge in [-0.3, -0.25) is 10.3 Å². The molecule has 0 aromatic carbocycles. The third-order valence-corrected chi connectivity index (χ3v) is 1.70. The number of ether oxygens (including phenoxy) is 1. The molecule has 0 bridgehead atoms. The molecule has 2 heterocycles. The van der Waals surface area contributed by atoms with Gasteiger partial charge in [0.05, 0.1) is 13.3 Å². The van der Waals surface area contributed by atoms with Gasteiger partial charge in [-0.15, -0.1) is 0 Å². The summed E-state index contributed by atoms with van der Waals surface area (Å²) in [6, 6.07) is 0. The zero-order valence-electron chi connectivity index (χ0n) is 5.58. The number of hydrogen-bond acceptors (Lipinski definition) is 3. The lowest BCUT2D eigenvalue weighted by atomic mass is 10.0. The summed E-state index contributed by atoms with van der Waals surface area (Å²) in [5, 5.41) is 3.12. The molecule has 3 heteroatoms. The summed E-state index contributed by atoms with van der Waals surface area (Å²) in [6.07, 6.45) is 6.99. The normalized spacial score (nSPS) is 37.6. The number of rotatable bonds is 0. The van der Waals surface area contributed by atoms with E-state index in [1.165, 1.54) is 0 Å². The molecule has 1 saturated heterocycles. The highest BCUT2D eigenvalue weighted by Gasteiger charge is 2.23. The molecular weight excluding hydrogens is 128 g/mol. The highest BCUT2D eigenvalue weighted by molar-refractivity contribution is 5.71. The lowest BCUT2D eigenvalue weighted by Gasteiger charge is -2.28. The lowest BCUT2D eigenvalue weighted by Crippen LogP contribution is -2.44. The van der Waals surface area contributed by atoms with Gasteiger partial charge < -0.3 is 4.74 Å². The summed E-state index contributed by atoms with van der Waals surface area (Å²) in [5.41, 5.74) is 0. The second kappa shape index (κ2) is 2.52. The summed E-state index contributed by atoms with van der Waals surface area (Å²) < 4.78 is 5.17. The molecule has 2 aliphatic heterocycles. The van der Waals surface area contributed by atoms with Crippen LogP contribution in [-0.4, -0.2) is 25.7 Å². The molecule has 2 unspecified atom stereocenters. The molecule has 1 radical (unpaired) electrons. The summed E-state index contributed by atoms with van der Waals surface area (Å²) in [6.45, 7) is 1.35. The smallest absolute Gasteiger partial charge is 0.110 e. The maximum absolute atomic E-state index is 5.17. The van der Waals surface area contributed by atoms with Gasteiger partial charge in [0, 0.05) is 12.1 Å². The topological polar surface area (TPSA) is 33.6 Å². The van der Waals surface area contributed by atoms with E-state index in [1.54, 1.807) is 6.21 Å². The van der Waals surface area contributed by atoms with E-state index in [2.05, 4.69) is 16.4 Å². The van der Waals surface area contributed by atoms with Crippen LogP contribution < -0.4 is 5.32 Å². The number of allylic oxidation sites excluding steroid dienone is 1. The fraction of sp³-hybridized carbons (Fsp3) is 0.571. The Morgan fingerprint density at radius 2 is 2.70 bits per heavy atom. The zero-order valence-corrected chi connectivity index (χ0v) is 5.58. The first-order valence-electron chi connectivity index (χ1n) is 3.39. The molecule has 53 valence electrons. The summed E-state index contributed by atoms with van der Waals surface area (Å²) >= 11 is 0. The Hall–Kier alpha value is -0.670. The second-order valence-corrected chi connectivity index (χ2v) is 2.40. The molecule has 0 saturated carbocycles. The van der Waals surface area contributed by atoms with Crippen LogP contribution in [0.25, 0.3) is 0 Å². The van der Waals surface area contributed by atoms with Gasteiger partial charge in [-0.2, -0.15) is 0 Å². The van der Waals surface area contributed by atoms with Crippen molar-refractivity contribution in [2.24, 2.45) is 10.9 Å². The van der Waals surface area contributed by atoms with Crippen LogP contribution in [0.1, 0.15) is 0 Å². The van der Waals surface area contributed by atoms with Gasteiger partial charge in [0.2, 0.25) is 0 Å². The molecule has 3 nitrogen and oxygen atoms in total. The van der Waals surface area contributed by atoms with E-state index >= 15 is 0 Å². The quantitative estimate of drug-likeness (QED) is 0.508. The Labute approximate surface area is 59.8 Å². The van der Waals surface area contributed by atoms with Crippen molar-refractivity contribution in [1.82, 2.24) is 5.32 Å². The van der Waals surface area contributed by atoms with Crippen molar-refractivity contribution in [1.29, 1.82) is 0 Å². The van der Waals surface area contributed by atoms with Gasteiger partial charge in [0.25, 0.3) is 0 Å². The third kappa shape index (κ3) is 0.978. The SMILES string of the molecule is [C]1=CC=NC2NCOCC12. The van der Waals surface area contributed by atoms with Crippen molar-refractivity contribution in [2.45, 2.75) is 6.17 Å². The predicted molar refractivity (Wildman–Crippen MR) is 37.5 cm³/mol. The summed E-state index contributed by atoms with van der Waals surface area (Å²) in [4.78, 5) is 4.22. The van der Waals surface area contributed by atoms with Crippen LogP contribution >= 0.6 is 0 Å². The van der Waals surface area contributed by atoms with Crippen molar-refractivity contribution in [3.63, 3.8) is 0 Å².